The Kier molecular flexibility index (Phi) is 6.17. The van der Waals surface area contributed by atoms with Crippen molar-refractivity contribution in [3.05, 3.63) is 46.8 Å². The zero-order chi connectivity index (χ0) is 21.1. The van der Waals surface area contributed by atoms with Gasteiger partial charge in [-0.25, -0.2) is 9.50 Å². The third-order valence-corrected chi connectivity index (χ3v) is 5.22. The fourth-order valence-electron chi connectivity index (χ4n) is 2.81. The number of carbonyl (C=O) groups excluding carboxylic acids is 2. The zero-order valence-corrected chi connectivity index (χ0v) is 18.0. The van der Waals surface area contributed by atoms with Crippen LogP contribution in [0, 0.1) is 27.7 Å². The second kappa shape index (κ2) is 8.60. The predicted molar refractivity (Wildman–Crippen MR) is 113 cm³/mol. The molecular weight excluding hydrogens is 388 g/mol. The largest absolute Gasteiger partial charge is 0.336 e. The smallest absolute Gasteiger partial charge is 0.253 e. The summed E-state index contributed by atoms with van der Waals surface area (Å²) in [5.74, 6) is 0.243. The molecule has 0 bridgehead atoms. The average molecular weight is 413 g/mol. The highest BCUT2D eigenvalue weighted by Gasteiger charge is 2.16. The molecule has 29 heavy (non-hydrogen) atoms. The van der Waals surface area contributed by atoms with E-state index in [0.29, 0.717) is 10.9 Å². The first-order valence-electron chi connectivity index (χ1n) is 9.18. The Morgan fingerprint density at radius 1 is 1.14 bits per heavy atom. The Morgan fingerprint density at radius 3 is 2.66 bits per heavy atom. The van der Waals surface area contributed by atoms with Gasteiger partial charge in [-0.2, -0.15) is 4.98 Å². The fraction of sp³-hybridized carbons (Fsp3) is 0.350. The van der Waals surface area contributed by atoms with Gasteiger partial charge in [-0.05, 0) is 51.0 Å². The molecule has 2 amide bonds. The minimum Gasteiger partial charge on any atom is -0.336 e. The van der Waals surface area contributed by atoms with Crippen LogP contribution in [0.2, 0.25) is 0 Å². The molecule has 1 N–H and O–H groups in total. The van der Waals surface area contributed by atoms with Crippen LogP contribution in [0.15, 0.2) is 29.4 Å². The molecule has 152 valence electrons. The summed E-state index contributed by atoms with van der Waals surface area (Å²) in [6.07, 6.45) is 0. The lowest BCUT2D eigenvalue weighted by Crippen LogP contribution is -2.36. The van der Waals surface area contributed by atoms with E-state index in [1.165, 1.54) is 16.7 Å². The number of hydrogen-bond acceptors (Lipinski definition) is 6. The number of carbonyl (C=O) groups is 2. The summed E-state index contributed by atoms with van der Waals surface area (Å²) in [4.78, 5) is 34.8. The van der Waals surface area contributed by atoms with Crippen LogP contribution in [-0.2, 0) is 9.59 Å². The summed E-state index contributed by atoms with van der Waals surface area (Å²) >= 11 is 1.23. The average Bonchev–Trinajstić information content (AvgIpc) is 3.05. The molecule has 0 fully saturated rings. The zero-order valence-electron chi connectivity index (χ0n) is 17.2. The second-order valence-corrected chi connectivity index (χ2v) is 7.99. The molecule has 0 saturated heterocycles. The predicted octanol–water partition coefficient (Wildman–Crippen LogP) is 2.55. The van der Waals surface area contributed by atoms with Crippen molar-refractivity contribution in [3.8, 4) is 0 Å². The Hall–Kier alpha value is -2.94. The topological polar surface area (TPSA) is 92.5 Å². The number of benzene rings is 1. The Labute approximate surface area is 173 Å². The van der Waals surface area contributed by atoms with Crippen molar-refractivity contribution in [2.45, 2.75) is 32.9 Å². The van der Waals surface area contributed by atoms with Gasteiger partial charge in [-0.1, -0.05) is 23.9 Å². The molecule has 8 nitrogen and oxygen atoms in total. The van der Waals surface area contributed by atoms with Crippen LogP contribution in [0.5, 0.6) is 0 Å². The first-order valence-corrected chi connectivity index (χ1v) is 10.2. The van der Waals surface area contributed by atoms with Crippen LogP contribution in [-0.4, -0.2) is 55.6 Å². The highest BCUT2D eigenvalue weighted by Crippen LogP contribution is 2.17. The lowest BCUT2D eigenvalue weighted by atomic mass is 10.1. The van der Waals surface area contributed by atoms with Crippen LogP contribution in [0.25, 0.3) is 5.78 Å². The molecule has 0 aliphatic carbocycles. The van der Waals surface area contributed by atoms with Crippen LogP contribution in [0.1, 0.15) is 22.5 Å². The number of anilines is 1. The van der Waals surface area contributed by atoms with E-state index in [4.69, 9.17) is 0 Å². The molecule has 0 atom stereocenters. The van der Waals surface area contributed by atoms with Crippen LogP contribution in [0.4, 0.5) is 5.69 Å². The van der Waals surface area contributed by atoms with E-state index in [-0.39, 0.29) is 24.1 Å². The first-order chi connectivity index (χ1) is 13.7. The van der Waals surface area contributed by atoms with Crippen molar-refractivity contribution in [1.29, 1.82) is 0 Å². The van der Waals surface area contributed by atoms with Crippen molar-refractivity contribution in [3.63, 3.8) is 0 Å². The SMILES string of the molecule is Cc1ccc(C)c(NC(=O)CN(C)C(=O)CSc2nc3nc(C)cc(C)n3n2)c1. The first kappa shape index (κ1) is 20.8. The van der Waals surface area contributed by atoms with Gasteiger partial charge in [0.05, 0.1) is 12.3 Å². The van der Waals surface area contributed by atoms with Crippen LogP contribution in [0.3, 0.4) is 0 Å². The molecule has 3 rings (SSSR count). The highest BCUT2D eigenvalue weighted by molar-refractivity contribution is 7.99. The van der Waals surface area contributed by atoms with Gasteiger partial charge in [0.1, 0.15) is 0 Å². The van der Waals surface area contributed by atoms with Gasteiger partial charge >= 0.3 is 0 Å². The molecule has 3 aromatic rings. The van der Waals surface area contributed by atoms with Gasteiger partial charge in [-0.15, -0.1) is 5.10 Å². The molecule has 0 saturated carbocycles. The number of aromatic nitrogens is 4. The van der Waals surface area contributed by atoms with E-state index in [1.807, 2.05) is 52.0 Å². The Bertz CT molecular complexity index is 1080. The van der Waals surface area contributed by atoms with E-state index < -0.39 is 0 Å². The lowest BCUT2D eigenvalue weighted by Gasteiger charge is -2.17. The second-order valence-electron chi connectivity index (χ2n) is 7.05. The molecule has 0 aliphatic rings. The number of rotatable bonds is 6. The standard InChI is InChI=1S/C20H24N6O2S/c1-12-6-7-13(2)16(8-12)22-17(27)10-25(5)18(28)11-29-20-23-19-21-14(3)9-15(4)26(19)24-20/h6-9H,10-11H2,1-5H3,(H,22,27). The van der Waals surface area contributed by atoms with E-state index in [9.17, 15) is 9.59 Å². The van der Waals surface area contributed by atoms with Gasteiger partial charge in [-0.3, -0.25) is 9.59 Å². The summed E-state index contributed by atoms with van der Waals surface area (Å²) in [6, 6.07) is 7.78. The molecule has 0 radical (unpaired) electrons. The quantitative estimate of drug-likeness (QED) is 0.626. The Morgan fingerprint density at radius 2 is 1.90 bits per heavy atom. The summed E-state index contributed by atoms with van der Waals surface area (Å²) < 4.78 is 1.65. The molecule has 0 unspecified atom stereocenters. The number of hydrogen-bond donors (Lipinski definition) is 1. The maximum atomic E-state index is 12.4. The molecule has 2 heterocycles. The number of nitrogens with one attached hydrogen (secondary N) is 1. The highest BCUT2D eigenvalue weighted by atomic mass is 32.2. The number of likely N-dealkylation sites (N-methyl/N-ethyl adjacent to an activating group) is 1. The van der Waals surface area contributed by atoms with E-state index in [2.05, 4.69) is 20.4 Å². The van der Waals surface area contributed by atoms with Crippen LogP contribution >= 0.6 is 11.8 Å². The normalized spacial score (nSPS) is 10.9. The monoisotopic (exact) mass is 412 g/mol. The van der Waals surface area contributed by atoms with Crippen molar-refractivity contribution in [1.82, 2.24) is 24.5 Å². The van der Waals surface area contributed by atoms with Gasteiger partial charge in [0.15, 0.2) is 0 Å². The molecule has 0 aliphatic heterocycles. The minimum atomic E-state index is -0.235. The Balaban J connectivity index is 1.56. The molecule has 0 spiro atoms. The summed E-state index contributed by atoms with van der Waals surface area (Å²) in [5.41, 5.74) is 4.59. The van der Waals surface area contributed by atoms with E-state index in [0.717, 1.165) is 28.2 Å². The van der Waals surface area contributed by atoms with Gasteiger partial charge in [0.25, 0.3) is 5.78 Å². The van der Waals surface area contributed by atoms with Gasteiger partial charge in [0.2, 0.25) is 17.0 Å². The van der Waals surface area contributed by atoms with Gasteiger partial charge < -0.3 is 10.2 Å². The molecule has 1 aromatic carbocycles. The summed E-state index contributed by atoms with van der Waals surface area (Å²) in [6.45, 7) is 7.70. The maximum absolute atomic E-state index is 12.4. The number of nitrogens with zero attached hydrogens (tertiary/aromatic N) is 5. The molecular formula is C20H24N6O2S. The van der Waals surface area contributed by atoms with E-state index >= 15 is 0 Å². The third kappa shape index (κ3) is 5.11. The lowest BCUT2D eigenvalue weighted by molar-refractivity contribution is -0.131. The summed E-state index contributed by atoms with van der Waals surface area (Å²) in [5, 5.41) is 7.72. The minimum absolute atomic E-state index is 0.0226. The van der Waals surface area contributed by atoms with Crippen molar-refractivity contribution >= 4 is 35.0 Å². The summed E-state index contributed by atoms with van der Waals surface area (Å²) in [7, 11) is 1.61. The maximum Gasteiger partial charge on any atom is 0.253 e. The number of aryl methyl sites for hydroxylation is 4. The number of amides is 2. The third-order valence-electron chi connectivity index (χ3n) is 4.40. The van der Waals surface area contributed by atoms with Crippen LogP contribution < -0.4 is 5.32 Å². The van der Waals surface area contributed by atoms with Crippen molar-refractivity contribution in [2.75, 3.05) is 24.7 Å². The van der Waals surface area contributed by atoms with Crippen molar-refractivity contribution < 1.29 is 9.59 Å². The number of thioether (sulfide) groups is 1. The molecule has 2 aromatic heterocycles. The number of fused-ring (bicyclic) bond motifs is 1. The fourth-order valence-corrected chi connectivity index (χ4v) is 3.57. The molecule has 9 heteroatoms. The van der Waals surface area contributed by atoms with Crippen molar-refractivity contribution in [2.24, 2.45) is 0 Å². The van der Waals surface area contributed by atoms with Gasteiger partial charge in [0, 0.05) is 24.1 Å². The van der Waals surface area contributed by atoms with E-state index in [1.54, 1.807) is 11.6 Å².